The van der Waals surface area contributed by atoms with Gasteiger partial charge in [0.05, 0.1) is 0 Å². The molecule has 1 fully saturated rings. The van der Waals surface area contributed by atoms with Crippen LogP contribution in [-0.2, 0) is 11.2 Å². The Kier molecular flexibility index (Phi) is 5.63. The van der Waals surface area contributed by atoms with Gasteiger partial charge in [-0.3, -0.25) is 4.79 Å². The molecule has 136 valence electrons. The summed E-state index contributed by atoms with van der Waals surface area (Å²) < 4.78 is 1.74. The molecule has 2 aromatic rings. The molecule has 0 bridgehead atoms. The van der Waals surface area contributed by atoms with Gasteiger partial charge in [-0.25, -0.2) is 9.50 Å². The molecule has 0 saturated carbocycles. The molecule has 0 aromatic carbocycles. The van der Waals surface area contributed by atoms with Crippen LogP contribution in [0.1, 0.15) is 49.6 Å². The first-order chi connectivity index (χ1) is 12.1. The van der Waals surface area contributed by atoms with Crippen molar-refractivity contribution in [3.8, 4) is 0 Å². The highest BCUT2D eigenvalue weighted by Gasteiger charge is 2.20. The molecule has 0 aliphatic carbocycles. The van der Waals surface area contributed by atoms with E-state index in [1.54, 1.807) is 4.52 Å². The summed E-state index contributed by atoms with van der Waals surface area (Å²) in [6.45, 7) is 9.53. The van der Waals surface area contributed by atoms with Gasteiger partial charge in [-0.2, -0.15) is 10.1 Å². The van der Waals surface area contributed by atoms with Crippen LogP contribution in [0.2, 0.25) is 0 Å². The first-order valence-electron chi connectivity index (χ1n) is 9.26. The number of carbonyl (C=O) groups is 1. The summed E-state index contributed by atoms with van der Waals surface area (Å²) in [5.74, 6) is 0.744. The number of amides is 1. The molecule has 1 aliphatic heterocycles. The van der Waals surface area contributed by atoms with Crippen LogP contribution in [0.3, 0.4) is 0 Å². The third-order valence-electron chi connectivity index (χ3n) is 5.08. The van der Waals surface area contributed by atoms with E-state index in [9.17, 15) is 4.79 Å². The van der Waals surface area contributed by atoms with Crippen LogP contribution in [0.25, 0.3) is 5.78 Å². The van der Waals surface area contributed by atoms with E-state index in [1.165, 1.54) is 12.7 Å². The van der Waals surface area contributed by atoms with E-state index in [-0.39, 0.29) is 5.91 Å². The molecule has 0 unspecified atom stereocenters. The summed E-state index contributed by atoms with van der Waals surface area (Å²) in [4.78, 5) is 23.4. The minimum Gasteiger partial charge on any atom is -0.353 e. The highest BCUT2D eigenvalue weighted by Crippen LogP contribution is 2.15. The summed E-state index contributed by atoms with van der Waals surface area (Å²) in [6.07, 6.45) is 5.97. The first-order valence-corrected chi connectivity index (χ1v) is 9.26. The summed E-state index contributed by atoms with van der Waals surface area (Å²) in [6, 6.07) is 0.318. The lowest BCUT2D eigenvalue weighted by Gasteiger charge is -2.32. The van der Waals surface area contributed by atoms with Crippen LogP contribution < -0.4 is 5.32 Å². The molecule has 3 heterocycles. The van der Waals surface area contributed by atoms with Gasteiger partial charge in [-0.05, 0) is 51.6 Å². The van der Waals surface area contributed by atoms with Crippen molar-refractivity contribution >= 4 is 11.7 Å². The van der Waals surface area contributed by atoms with E-state index in [1.807, 2.05) is 13.8 Å². The van der Waals surface area contributed by atoms with Crippen molar-refractivity contribution in [3.05, 3.63) is 23.3 Å². The molecule has 2 aromatic heterocycles. The molecule has 0 atom stereocenters. The maximum absolute atomic E-state index is 12.3. The molecule has 0 spiro atoms. The molecule has 7 heteroatoms. The molecule has 1 N–H and O–H groups in total. The minimum atomic E-state index is 0.131. The van der Waals surface area contributed by atoms with Gasteiger partial charge in [0, 0.05) is 36.9 Å². The highest BCUT2D eigenvalue weighted by molar-refractivity contribution is 5.76. The Morgan fingerprint density at radius 2 is 2.08 bits per heavy atom. The number of aromatic nitrogens is 4. The lowest BCUT2D eigenvalue weighted by Crippen LogP contribution is -2.44. The lowest BCUT2D eigenvalue weighted by atomic mass is 10.0. The normalized spacial score (nSPS) is 16.4. The fourth-order valence-electron chi connectivity index (χ4n) is 3.67. The average Bonchev–Trinajstić information content (AvgIpc) is 3.05. The standard InChI is InChI=1S/C18H28N6O/c1-4-9-23-10-7-15(8-11-23)22-17(25)6-5-16-13(2)21-18-19-12-20-24(18)14(16)3/h12,15H,4-11H2,1-3H3,(H,22,25). The number of aryl methyl sites for hydroxylation is 2. The van der Waals surface area contributed by atoms with Crippen molar-refractivity contribution in [3.63, 3.8) is 0 Å². The smallest absolute Gasteiger partial charge is 0.252 e. The molecule has 1 aliphatic rings. The number of carbonyl (C=O) groups excluding carboxylic acids is 1. The Hall–Kier alpha value is -2.02. The van der Waals surface area contributed by atoms with Crippen LogP contribution in [0, 0.1) is 13.8 Å². The van der Waals surface area contributed by atoms with E-state index in [0.717, 1.165) is 49.4 Å². The van der Waals surface area contributed by atoms with Gasteiger partial charge in [0.25, 0.3) is 5.78 Å². The Morgan fingerprint density at radius 3 is 2.80 bits per heavy atom. The highest BCUT2D eigenvalue weighted by atomic mass is 16.1. The monoisotopic (exact) mass is 344 g/mol. The molecule has 1 amide bonds. The summed E-state index contributed by atoms with van der Waals surface area (Å²) in [7, 11) is 0. The van der Waals surface area contributed by atoms with Crippen LogP contribution in [0.4, 0.5) is 0 Å². The van der Waals surface area contributed by atoms with Gasteiger partial charge in [0.1, 0.15) is 6.33 Å². The molecule has 25 heavy (non-hydrogen) atoms. The molecule has 0 radical (unpaired) electrons. The quantitative estimate of drug-likeness (QED) is 0.863. The van der Waals surface area contributed by atoms with Crippen molar-refractivity contribution in [1.29, 1.82) is 0 Å². The second kappa shape index (κ2) is 7.91. The molecular formula is C18H28N6O. The van der Waals surface area contributed by atoms with E-state index in [2.05, 4.69) is 32.2 Å². The van der Waals surface area contributed by atoms with Gasteiger partial charge >= 0.3 is 0 Å². The number of fused-ring (bicyclic) bond motifs is 1. The summed E-state index contributed by atoms with van der Waals surface area (Å²) in [5.41, 5.74) is 3.03. The second-order valence-corrected chi connectivity index (χ2v) is 6.92. The van der Waals surface area contributed by atoms with E-state index < -0.39 is 0 Å². The first kappa shape index (κ1) is 17.8. The number of hydrogen-bond acceptors (Lipinski definition) is 5. The Balaban J connectivity index is 1.53. The zero-order valence-corrected chi connectivity index (χ0v) is 15.5. The second-order valence-electron chi connectivity index (χ2n) is 6.92. The maximum Gasteiger partial charge on any atom is 0.252 e. The maximum atomic E-state index is 12.3. The Morgan fingerprint density at radius 1 is 1.32 bits per heavy atom. The van der Waals surface area contributed by atoms with Gasteiger partial charge in [-0.1, -0.05) is 6.92 Å². The zero-order valence-electron chi connectivity index (χ0n) is 15.5. The van der Waals surface area contributed by atoms with Gasteiger partial charge in [0.2, 0.25) is 5.91 Å². The molecule has 7 nitrogen and oxygen atoms in total. The fourth-order valence-corrected chi connectivity index (χ4v) is 3.67. The minimum absolute atomic E-state index is 0.131. The molecule has 3 rings (SSSR count). The molecular weight excluding hydrogens is 316 g/mol. The van der Waals surface area contributed by atoms with Crippen molar-refractivity contribution in [1.82, 2.24) is 29.8 Å². The average molecular weight is 344 g/mol. The van der Waals surface area contributed by atoms with Crippen LogP contribution in [0.15, 0.2) is 6.33 Å². The van der Waals surface area contributed by atoms with Crippen molar-refractivity contribution in [2.24, 2.45) is 0 Å². The van der Waals surface area contributed by atoms with E-state index in [4.69, 9.17) is 0 Å². The SMILES string of the molecule is CCCN1CCC(NC(=O)CCc2c(C)nc3ncnn3c2C)CC1. The van der Waals surface area contributed by atoms with Crippen LogP contribution >= 0.6 is 0 Å². The van der Waals surface area contributed by atoms with Crippen molar-refractivity contribution in [2.75, 3.05) is 19.6 Å². The number of hydrogen-bond donors (Lipinski definition) is 1. The number of piperidine rings is 1. The van der Waals surface area contributed by atoms with Gasteiger partial charge < -0.3 is 10.2 Å². The number of nitrogens with zero attached hydrogens (tertiary/aromatic N) is 5. The largest absolute Gasteiger partial charge is 0.353 e. The molecule has 1 saturated heterocycles. The number of nitrogens with one attached hydrogen (secondary N) is 1. The summed E-state index contributed by atoms with van der Waals surface area (Å²) >= 11 is 0. The van der Waals surface area contributed by atoms with Crippen molar-refractivity contribution in [2.45, 2.75) is 58.9 Å². The Labute approximate surface area is 148 Å². The fraction of sp³-hybridized carbons (Fsp3) is 0.667. The van der Waals surface area contributed by atoms with E-state index >= 15 is 0 Å². The Bertz CT molecular complexity index is 732. The zero-order chi connectivity index (χ0) is 17.8. The topological polar surface area (TPSA) is 75.4 Å². The number of rotatable bonds is 6. The van der Waals surface area contributed by atoms with Crippen LogP contribution in [-0.4, -0.2) is 56.1 Å². The lowest BCUT2D eigenvalue weighted by molar-refractivity contribution is -0.122. The predicted molar refractivity (Wildman–Crippen MR) is 96.5 cm³/mol. The number of likely N-dealkylation sites (tertiary alicyclic amines) is 1. The van der Waals surface area contributed by atoms with E-state index in [0.29, 0.717) is 24.7 Å². The van der Waals surface area contributed by atoms with Crippen molar-refractivity contribution < 1.29 is 4.79 Å². The third-order valence-corrected chi connectivity index (χ3v) is 5.08. The van der Waals surface area contributed by atoms with Crippen LogP contribution in [0.5, 0.6) is 0 Å². The van der Waals surface area contributed by atoms with Gasteiger partial charge in [-0.15, -0.1) is 0 Å². The summed E-state index contributed by atoms with van der Waals surface area (Å²) in [5, 5.41) is 7.40. The third kappa shape index (κ3) is 4.15. The predicted octanol–water partition coefficient (Wildman–Crippen LogP) is 1.66. The van der Waals surface area contributed by atoms with Gasteiger partial charge in [0.15, 0.2) is 0 Å².